The first-order valence-corrected chi connectivity index (χ1v) is 16.5. The molecule has 5 aromatic rings. The maximum Gasteiger partial charge on any atom is 0.339 e. The molecule has 0 fully saturated rings. The van der Waals surface area contributed by atoms with Crippen LogP contribution in [-0.4, -0.2) is 62.9 Å². The summed E-state index contributed by atoms with van der Waals surface area (Å²) in [5, 5.41) is 20.9. The summed E-state index contributed by atoms with van der Waals surface area (Å²) in [7, 11) is -7.85. The molecule has 0 saturated heterocycles. The molecule has 0 unspecified atom stereocenters. The molecule has 236 valence electrons. The van der Waals surface area contributed by atoms with Crippen LogP contribution in [0, 0.1) is 0 Å². The summed E-state index contributed by atoms with van der Waals surface area (Å²) in [6, 6.07) is 24.0. The minimum absolute atomic E-state index is 0.120. The van der Waals surface area contributed by atoms with Crippen molar-refractivity contribution in [1.82, 2.24) is 4.90 Å². The summed E-state index contributed by atoms with van der Waals surface area (Å²) < 4.78 is 61.8. The van der Waals surface area contributed by atoms with E-state index in [-0.39, 0.29) is 21.2 Å². The zero-order valence-electron chi connectivity index (χ0n) is 24.0. The molecule has 0 aliphatic carbocycles. The van der Waals surface area contributed by atoms with Crippen LogP contribution < -0.4 is 8.91 Å². The lowest BCUT2D eigenvalue weighted by Crippen LogP contribution is -2.44. The van der Waals surface area contributed by atoms with Gasteiger partial charge in [-0.15, -0.1) is 0 Å². The highest BCUT2D eigenvalue weighted by atomic mass is 32.2. The van der Waals surface area contributed by atoms with Gasteiger partial charge in [-0.05, 0) is 41.1 Å². The van der Waals surface area contributed by atoms with Crippen molar-refractivity contribution in [2.45, 2.75) is 22.3 Å². The number of hydrogen-bond acceptors (Lipinski definition) is 8. The van der Waals surface area contributed by atoms with Gasteiger partial charge in [-0.1, -0.05) is 72.8 Å². The quantitative estimate of drug-likeness (QED) is 0.169. The average molecular weight is 663 g/mol. The van der Waals surface area contributed by atoms with Crippen molar-refractivity contribution in [3.63, 3.8) is 0 Å². The Morgan fingerprint density at radius 1 is 0.761 bits per heavy atom. The Hall–Kier alpha value is -5.47. The van der Waals surface area contributed by atoms with Gasteiger partial charge in [0.2, 0.25) is 0 Å². The van der Waals surface area contributed by atoms with Crippen molar-refractivity contribution in [3.8, 4) is 5.75 Å². The second-order valence-electron chi connectivity index (χ2n) is 10.2. The van der Waals surface area contributed by atoms with Crippen LogP contribution in [0.25, 0.3) is 21.5 Å². The van der Waals surface area contributed by atoms with E-state index < -0.39 is 56.0 Å². The van der Waals surface area contributed by atoms with Gasteiger partial charge in [0.15, 0.2) is 0 Å². The van der Waals surface area contributed by atoms with E-state index in [1.54, 1.807) is 60.7 Å². The number of fused-ring (bicyclic) bond motifs is 2. The second-order valence-corrected chi connectivity index (χ2v) is 13.3. The van der Waals surface area contributed by atoms with Crippen LogP contribution in [0.1, 0.15) is 16.8 Å². The Morgan fingerprint density at radius 2 is 1.30 bits per heavy atom. The minimum atomic E-state index is -4.50. The number of carbonyl (C=O) groups is 3. The van der Waals surface area contributed by atoms with E-state index in [1.165, 1.54) is 24.3 Å². The van der Waals surface area contributed by atoms with Gasteiger partial charge in [-0.3, -0.25) is 14.3 Å². The number of nitrogens with one attached hydrogen (secondary N) is 1. The van der Waals surface area contributed by atoms with Crippen LogP contribution in [0.15, 0.2) is 113 Å². The molecule has 5 aromatic carbocycles. The number of carboxylic acids is 2. The first kappa shape index (κ1) is 31.9. The Balaban J connectivity index is 1.59. The van der Waals surface area contributed by atoms with Crippen molar-refractivity contribution in [1.29, 1.82) is 0 Å². The van der Waals surface area contributed by atoms with E-state index in [9.17, 15) is 41.4 Å². The van der Waals surface area contributed by atoms with E-state index in [4.69, 9.17) is 4.18 Å². The lowest BCUT2D eigenvalue weighted by Gasteiger charge is -2.25. The third-order valence-electron chi connectivity index (χ3n) is 7.17. The van der Waals surface area contributed by atoms with E-state index in [1.807, 2.05) is 0 Å². The fourth-order valence-corrected chi connectivity index (χ4v) is 7.40. The van der Waals surface area contributed by atoms with Gasteiger partial charge >= 0.3 is 22.1 Å². The monoisotopic (exact) mass is 662 g/mol. The molecular formula is C32H26N2O10S2. The summed E-state index contributed by atoms with van der Waals surface area (Å²) in [5.74, 6) is -4.62. The molecule has 0 aromatic heterocycles. The summed E-state index contributed by atoms with van der Waals surface area (Å²) in [5.41, 5.74) is -0.826. The molecule has 12 nitrogen and oxygen atoms in total. The van der Waals surface area contributed by atoms with Crippen LogP contribution >= 0.6 is 0 Å². The van der Waals surface area contributed by atoms with Crippen LogP contribution in [0.2, 0.25) is 0 Å². The SMILES string of the molecule is CN(C(=O)c1cc(OS(=O)(=O)c2cccc3ccccc23)ccc1NS(=O)(=O)c1cccc2ccccc12)[C@@H](CC(=O)O)C(=O)O. The Kier molecular flexibility index (Phi) is 8.68. The Labute approximate surface area is 263 Å². The number of benzene rings is 5. The average Bonchev–Trinajstić information content (AvgIpc) is 3.02. The third kappa shape index (κ3) is 6.48. The van der Waals surface area contributed by atoms with Crippen molar-refractivity contribution in [2.24, 2.45) is 0 Å². The van der Waals surface area contributed by atoms with Crippen LogP contribution in [0.4, 0.5) is 5.69 Å². The van der Waals surface area contributed by atoms with Gasteiger partial charge in [-0.2, -0.15) is 8.42 Å². The number of likely N-dealkylation sites (N-methyl/N-ethyl adjacent to an activating group) is 1. The smallest absolute Gasteiger partial charge is 0.339 e. The third-order valence-corrected chi connectivity index (χ3v) is 9.90. The van der Waals surface area contributed by atoms with Gasteiger partial charge < -0.3 is 19.3 Å². The number of rotatable bonds is 11. The first-order valence-electron chi connectivity index (χ1n) is 13.6. The normalized spacial score (nSPS) is 12.4. The van der Waals surface area contributed by atoms with E-state index >= 15 is 0 Å². The van der Waals surface area contributed by atoms with Crippen LogP contribution in [0.5, 0.6) is 5.75 Å². The number of nitrogens with zero attached hydrogens (tertiary/aromatic N) is 1. The topological polar surface area (TPSA) is 184 Å². The molecule has 0 bridgehead atoms. The van der Waals surface area contributed by atoms with Gasteiger partial charge in [-0.25, -0.2) is 13.2 Å². The molecule has 0 radical (unpaired) electrons. The highest BCUT2D eigenvalue weighted by Crippen LogP contribution is 2.32. The molecule has 46 heavy (non-hydrogen) atoms. The minimum Gasteiger partial charge on any atom is -0.481 e. The van der Waals surface area contributed by atoms with Gasteiger partial charge in [0.25, 0.3) is 15.9 Å². The number of carbonyl (C=O) groups excluding carboxylic acids is 1. The highest BCUT2D eigenvalue weighted by Gasteiger charge is 2.32. The maximum absolute atomic E-state index is 13.7. The van der Waals surface area contributed by atoms with Crippen molar-refractivity contribution >= 4 is 65.2 Å². The van der Waals surface area contributed by atoms with Gasteiger partial charge in [0, 0.05) is 17.8 Å². The molecule has 3 N–H and O–H groups in total. The van der Waals surface area contributed by atoms with Crippen molar-refractivity contribution < 1.29 is 45.6 Å². The second kappa shape index (κ2) is 12.5. The zero-order valence-corrected chi connectivity index (χ0v) is 25.7. The fourth-order valence-electron chi connectivity index (χ4n) is 4.94. The van der Waals surface area contributed by atoms with Gasteiger partial charge in [0.05, 0.1) is 22.6 Å². The van der Waals surface area contributed by atoms with E-state index in [0.29, 0.717) is 26.4 Å². The molecule has 14 heteroatoms. The van der Waals surface area contributed by atoms with Crippen LogP contribution in [0.3, 0.4) is 0 Å². The Bertz CT molecular complexity index is 2220. The lowest BCUT2D eigenvalue weighted by molar-refractivity contribution is -0.148. The molecule has 0 aliphatic heterocycles. The Morgan fingerprint density at radius 3 is 1.89 bits per heavy atom. The molecule has 1 atom stereocenters. The number of amides is 1. The maximum atomic E-state index is 13.7. The van der Waals surface area contributed by atoms with Crippen LogP contribution in [-0.2, 0) is 29.7 Å². The highest BCUT2D eigenvalue weighted by molar-refractivity contribution is 7.93. The van der Waals surface area contributed by atoms with Crippen molar-refractivity contribution in [3.05, 3.63) is 109 Å². The predicted octanol–water partition coefficient (Wildman–Crippen LogP) is 4.56. The number of hydrogen-bond donors (Lipinski definition) is 3. The molecule has 5 rings (SSSR count). The van der Waals surface area contributed by atoms with Crippen molar-refractivity contribution in [2.75, 3.05) is 11.8 Å². The fraction of sp³-hybridized carbons (Fsp3) is 0.0938. The standard InChI is InChI=1S/C32H26N2O10S2/c1-34(27(32(38)39)19-30(35)36)31(37)25-18-22(44-46(42,43)29-15-7-11-21-9-3-5-13-24(21)29)16-17-26(25)33-45(40,41)28-14-6-10-20-8-2-4-12-23(20)28/h2-18,27,33H,19H2,1H3,(H,35,36)(H,38,39)/t27-/m0/s1. The number of aliphatic carboxylic acids is 2. The summed E-state index contributed by atoms with van der Waals surface area (Å²) >= 11 is 0. The molecule has 1 amide bonds. The lowest BCUT2D eigenvalue weighted by atomic mass is 10.1. The molecule has 0 saturated carbocycles. The number of sulfonamides is 1. The molecule has 0 spiro atoms. The number of carboxylic acid groups (broad SMARTS) is 2. The molecule has 0 aliphatic rings. The van der Waals surface area contributed by atoms with E-state index in [2.05, 4.69) is 4.72 Å². The zero-order chi connectivity index (χ0) is 33.2. The first-order chi connectivity index (χ1) is 21.8. The van der Waals surface area contributed by atoms with Gasteiger partial charge in [0.1, 0.15) is 16.7 Å². The number of anilines is 1. The van der Waals surface area contributed by atoms with E-state index in [0.717, 1.165) is 25.2 Å². The summed E-state index contributed by atoms with van der Waals surface area (Å²) in [6.07, 6.45) is -0.958. The molecular weight excluding hydrogens is 636 g/mol. The summed E-state index contributed by atoms with van der Waals surface area (Å²) in [6.45, 7) is 0. The summed E-state index contributed by atoms with van der Waals surface area (Å²) in [4.78, 5) is 37.3. The molecule has 0 heterocycles. The largest absolute Gasteiger partial charge is 0.481 e. The predicted molar refractivity (Wildman–Crippen MR) is 169 cm³/mol.